The lowest BCUT2D eigenvalue weighted by atomic mass is 10.2. The first-order chi connectivity index (χ1) is 11.7. The molecule has 0 unspecified atom stereocenters. The highest BCUT2D eigenvalue weighted by molar-refractivity contribution is 7.98. The minimum absolute atomic E-state index is 0.159. The lowest BCUT2D eigenvalue weighted by Crippen LogP contribution is -2.30. The van der Waals surface area contributed by atoms with Gasteiger partial charge in [-0.1, -0.05) is 30.3 Å². The van der Waals surface area contributed by atoms with Crippen molar-refractivity contribution in [2.45, 2.75) is 24.4 Å². The van der Waals surface area contributed by atoms with Crippen molar-refractivity contribution in [2.24, 2.45) is 0 Å². The summed E-state index contributed by atoms with van der Waals surface area (Å²) in [7, 11) is 0. The van der Waals surface area contributed by atoms with Crippen LogP contribution >= 0.6 is 11.8 Å². The summed E-state index contributed by atoms with van der Waals surface area (Å²) in [4.78, 5) is 6.41. The molecule has 1 fully saturated rings. The summed E-state index contributed by atoms with van der Waals surface area (Å²) in [6, 6.07) is 15.6. The number of nitrogens with zero attached hydrogens (tertiary/aromatic N) is 2. The quantitative estimate of drug-likeness (QED) is 0.749. The van der Waals surface area contributed by atoms with E-state index in [2.05, 4.69) is 40.3 Å². The van der Waals surface area contributed by atoms with Crippen LogP contribution in [-0.2, 0) is 13.1 Å². The Labute approximate surface area is 148 Å². The van der Waals surface area contributed by atoms with E-state index < -0.39 is 0 Å². The molecular formula is C20H25FN2S. The van der Waals surface area contributed by atoms with Gasteiger partial charge in [-0.15, -0.1) is 11.8 Å². The third-order valence-corrected chi connectivity index (χ3v) is 5.43. The van der Waals surface area contributed by atoms with Crippen molar-refractivity contribution >= 4 is 11.8 Å². The Morgan fingerprint density at radius 1 is 0.875 bits per heavy atom. The molecule has 0 spiro atoms. The highest BCUT2D eigenvalue weighted by Crippen LogP contribution is 2.22. The Hall–Kier alpha value is -1.36. The molecule has 0 bridgehead atoms. The number of hydrogen-bond acceptors (Lipinski definition) is 3. The van der Waals surface area contributed by atoms with Gasteiger partial charge in [0, 0.05) is 31.1 Å². The van der Waals surface area contributed by atoms with E-state index in [0.717, 1.165) is 39.3 Å². The molecule has 2 aromatic carbocycles. The van der Waals surface area contributed by atoms with Gasteiger partial charge in [-0.25, -0.2) is 4.39 Å². The normalized spacial score (nSPS) is 16.9. The number of hydrogen-bond donors (Lipinski definition) is 0. The minimum Gasteiger partial charge on any atom is -0.298 e. The maximum Gasteiger partial charge on any atom is 0.123 e. The minimum atomic E-state index is -0.159. The summed E-state index contributed by atoms with van der Waals surface area (Å²) in [5.41, 5.74) is 2.62. The van der Waals surface area contributed by atoms with Crippen LogP contribution in [0.2, 0.25) is 0 Å². The highest BCUT2D eigenvalue weighted by Gasteiger charge is 2.16. The molecule has 2 aromatic rings. The van der Waals surface area contributed by atoms with Crippen LogP contribution in [0.15, 0.2) is 53.4 Å². The molecule has 0 amide bonds. The topological polar surface area (TPSA) is 6.48 Å². The van der Waals surface area contributed by atoms with E-state index in [9.17, 15) is 4.39 Å². The van der Waals surface area contributed by atoms with Gasteiger partial charge in [0.05, 0.1) is 0 Å². The van der Waals surface area contributed by atoms with E-state index in [4.69, 9.17) is 0 Å². The van der Waals surface area contributed by atoms with Crippen molar-refractivity contribution < 1.29 is 4.39 Å². The predicted octanol–water partition coefficient (Wildman–Crippen LogP) is 4.26. The molecule has 2 nitrogen and oxygen atoms in total. The molecule has 24 heavy (non-hydrogen) atoms. The van der Waals surface area contributed by atoms with Gasteiger partial charge >= 0.3 is 0 Å². The third-order valence-electron chi connectivity index (χ3n) is 4.59. The molecule has 0 atom stereocenters. The molecule has 1 aliphatic heterocycles. The van der Waals surface area contributed by atoms with Crippen molar-refractivity contribution in [3.05, 3.63) is 65.5 Å². The van der Waals surface area contributed by atoms with Crippen molar-refractivity contribution in [2.75, 3.05) is 32.4 Å². The Morgan fingerprint density at radius 2 is 1.54 bits per heavy atom. The second-order valence-corrected chi connectivity index (χ2v) is 7.19. The Bertz CT molecular complexity index is 644. The molecule has 0 radical (unpaired) electrons. The number of benzene rings is 2. The van der Waals surface area contributed by atoms with Gasteiger partial charge in [-0.2, -0.15) is 0 Å². The molecule has 0 saturated carbocycles. The summed E-state index contributed by atoms with van der Waals surface area (Å²) in [6.07, 6.45) is 3.33. The van der Waals surface area contributed by atoms with Gasteiger partial charge in [0.25, 0.3) is 0 Å². The fourth-order valence-electron chi connectivity index (χ4n) is 3.26. The second kappa shape index (κ2) is 8.65. The number of rotatable bonds is 5. The van der Waals surface area contributed by atoms with Crippen molar-refractivity contribution in [3.8, 4) is 0 Å². The van der Waals surface area contributed by atoms with Gasteiger partial charge < -0.3 is 0 Å². The third kappa shape index (κ3) is 4.82. The van der Waals surface area contributed by atoms with Crippen LogP contribution in [0.4, 0.5) is 4.39 Å². The second-order valence-electron chi connectivity index (χ2n) is 6.34. The summed E-state index contributed by atoms with van der Waals surface area (Å²) in [5.74, 6) is -0.159. The summed E-state index contributed by atoms with van der Waals surface area (Å²) in [6.45, 7) is 6.35. The largest absolute Gasteiger partial charge is 0.298 e. The van der Waals surface area contributed by atoms with Crippen LogP contribution in [0.5, 0.6) is 0 Å². The average molecular weight is 344 g/mol. The first kappa shape index (κ1) is 17.5. The molecule has 1 aliphatic rings. The summed E-state index contributed by atoms with van der Waals surface area (Å²) < 4.78 is 13.0. The van der Waals surface area contributed by atoms with E-state index in [1.165, 1.54) is 22.4 Å². The summed E-state index contributed by atoms with van der Waals surface area (Å²) >= 11 is 1.82. The molecule has 0 N–H and O–H groups in total. The lowest BCUT2D eigenvalue weighted by Gasteiger charge is -2.22. The van der Waals surface area contributed by atoms with Crippen molar-refractivity contribution in [3.63, 3.8) is 0 Å². The van der Waals surface area contributed by atoms with Crippen LogP contribution < -0.4 is 0 Å². The van der Waals surface area contributed by atoms with E-state index in [-0.39, 0.29) is 5.82 Å². The molecule has 0 aromatic heterocycles. The first-order valence-electron chi connectivity index (χ1n) is 8.55. The zero-order chi connectivity index (χ0) is 16.8. The van der Waals surface area contributed by atoms with Crippen LogP contribution in [-0.4, -0.2) is 42.2 Å². The monoisotopic (exact) mass is 344 g/mol. The van der Waals surface area contributed by atoms with E-state index in [1.807, 2.05) is 23.9 Å². The Kier molecular flexibility index (Phi) is 6.30. The van der Waals surface area contributed by atoms with Gasteiger partial charge in [-0.05, 0) is 55.1 Å². The molecule has 1 heterocycles. The lowest BCUT2D eigenvalue weighted by molar-refractivity contribution is 0.246. The predicted molar refractivity (Wildman–Crippen MR) is 99.8 cm³/mol. The van der Waals surface area contributed by atoms with Gasteiger partial charge in [0.1, 0.15) is 5.82 Å². The molecule has 3 rings (SSSR count). The zero-order valence-electron chi connectivity index (χ0n) is 14.2. The van der Waals surface area contributed by atoms with Gasteiger partial charge in [-0.3, -0.25) is 9.80 Å². The van der Waals surface area contributed by atoms with Crippen LogP contribution in [0.25, 0.3) is 0 Å². The maximum absolute atomic E-state index is 13.0. The first-order valence-corrected chi connectivity index (χ1v) is 9.78. The zero-order valence-corrected chi connectivity index (χ0v) is 15.1. The van der Waals surface area contributed by atoms with E-state index in [1.54, 1.807) is 12.1 Å². The maximum atomic E-state index is 13.0. The number of halogens is 1. The van der Waals surface area contributed by atoms with Crippen LogP contribution in [0.3, 0.4) is 0 Å². The average Bonchev–Trinajstić information content (AvgIpc) is 2.83. The van der Waals surface area contributed by atoms with Crippen molar-refractivity contribution in [1.29, 1.82) is 0 Å². The van der Waals surface area contributed by atoms with E-state index >= 15 is 0 Å². The van der Waals surface area contributed by atoms with Crippen LogP contribution in [0, 0.1) is 5.82 Å². The molecule has 128 valence electrons. The fraction of sp³-hybridized carbons (Fsp3) is 0.400. The summed E-state index contributed by atoms with van der Waals surface area (Å²) in [5, 5.41) is 0. The van der Waals surface area contributed by atoms with E-state index in [0.29, 0.717) is 0 Å². The molecule has 1 saturated heterocycles. The molecular weight excluding hydrogens is 319 g/mol. The smallest absolute Gasteiger partial charge is 0.123 e. The van der Waals surface area contributed by atoms with Crippen molar-refractivity contribution in [1.82, 2.24) is 9.80 Å². The Balaban J connectivity index is 1.56. The number of thioether (sulfide) groups is 1. The molecule has 4 heteroatoms. The van der Waals surface area contributed by atoms with Gasteiger partial charge in [0.2, 0.25) is 0 Å². The van der Waals surface area contributed by atoms with Gasteiger partial charge in [0.15, 0.2) is 0 Å². The molecule has 0 aliphatic carbocycles. The Morgan fingerprint density at radius 3 is 2.25 bits per heavy atom. The standard InChI is InChI=1S/C20H25FN2S/c1-24-20-6-3-2-5-18(20)16-23-12-4-11-22(13-14-23)15-17-7-9-19(21)10-8-17/h2-3,5-10H,4,11-16H2,1H3. The highest BCUT2D eigenvalue weighted by atomic mass is 32.2. The van der Waals surface area contributed by atoms with Crippen LogP contribution in [0.1, 0.15) is 17.5 Å². The SMILES string of the molecule is CSc1ccccc1CN1CCCN(Cc2ccc(F)cc2)CC1. The fourth-order valence-corrected chi connectivity index (χ4v) is 3.87.